The minimum absolute atomic E-state index is 0.0930. The van der Waals surface area contributed by atoms with Gasteiger partial charge in [-0.3, -0.25) is 24.1 Å². The van der Waals surface area contributed by atoms with E-state index in [-0.39, 0.29) is 38.0 Å². The minimum atomic E-state index is -1.26. The molecule has 0 unspecified atom stereocenters. The number of fused-ring (bicyclic) bond motifs is 1. The molecule has 0 saturated carbocycles. The Labute approximate surface area is 311 Å². The molecule has 6 rings (SSSR count). The number of carbonyl (C=O) groups is 4. The van der Waals surface area contributed by atoms with Crippen LogP contribution in [0.25, 0.3) is 0 Å². The van der Waals surface area contributed by atoms with Crippen LogP contribution in [-0.2, 0) is 39.8 Å². The van der Waals surface area contributed by atoms with Gasteiger partial charge in [-0.2, -0.15) is 0 Å². The maximum Gasteiger partial charge on any atom is 0.306 e. The number of benzene rings is 2. The first-order valence-electron chi connectivity index (χ1n) is 18.8. The topological polar surface area (TPSA) is 138 Å². The summed E-state index contributed by atoms with van der Waals surface area (Å²) in [5.41, 5.74) is 0.387. The summed E-state index contributed by atoms with van der Waals surface area (Å²) in [6.07, 6.45) is 4.61. The number of amides is 3. The molecule has 0 radical (unpaired) electrons. The zero-order valence-corrected chi connectivity index (χ0v) is 30.4. The average molecular weight is 729 g/mol. The van der Waals surface area contributed by atoms with Crippen LogP contribution < -0.4 is 5.32 Å². The number of aliphatic hydroxyl groups is 1. The number of likely N-dealkylation sites (tertiary alicyclic amines) is 1. The summed E-state index contributed by atoms with van der Waals surface area (Å²) in [4.78, 5) is 62.3. The monoisotopic (exact) mass is 728 g/mol. The molecule has 2 bridgehead atoms. The standard InChI is InChI=1S/C41H52N4O8/c1-3-5-16-34(47)52-28-32(30-14-10-7-11-15-30)42-38(48)35-33-17-18-41(53-33)36(35)39(49)45(31(27-46)26-29-12-8-6-9-13-29)37(41)40(50)44(19-4-2)21-20-43-22-24-51-25-23-43/h3-4,6-15,31-33,35-37,46H,1-2,5,16-28H2,(H,42,48)/t31-,32-,33-,35+,36+,37-,41+/m1/s1. The smallest absolute Gasteiger partial charge is 0.306 e. The normalized spacial score (nSPS) is 26.1. The highest BCUT2D eigenvalue weighted by molar-refractivity contribution is 5.99. The van der Waals surface area contributed by atoms with E-state index in [4.69, 9.17) is 14.2 Å². The lowest BCUT2D eigenvalue weighted by molar-refractivity contribution is -0.151. The minimum Gasteiger partial charge on any atom is -0.463 e. The highest BCUT2D eigenvalue weighted by Crippen LogP contribution is 2.59. The molecule has 12 nitrogen and oxygen atoms in total. The number of rotatable bonds is 18. The van der Waals surface area contributed by atoms with Crippen molar-refractivity contribution in [3.8, 4) is 0 Å². The Hall–Kier alpha value is -4.36. The summed E-state index contributed by atoms with van der Waals surface area (Å²) in [5, 5.41) is 14.0. The summed E-state index contributed by atoms with van der Waals surface area (Å²) < 4.78 is 17.8. The fraction of sp³-hybridized carbons (Fsp3) is 0.512. The third-order valence-corrected chi connectivity index (χ3v) is 11.1. The van der Waals surface area contributed by atoms with E-state index in [1.165, 1.54) is 4.90 Å². The molecule has 4 aliphatic rings. The largest absolute Gasteiger partial charge is 0.463 e. The van der Waals surface area contributed by atoms with Crippen LogP contribution in [0.5, 0.6) is 0 Å². The fourth-order valence-electron chi connectivity index (χ4n) is 8.55. The lowest BCUT2D eigenvalue weighted by atomic mass is 9.70. The molecule has 2 aromatic carbocycles. The summed E-state index contributed by atoms with van der Waals surface area (Å²) in [6, 6.07) is 16.3. The van der Waals surface area contributed by atoms with E-state index >= 15 is 0 Å². The molecule has 0 aromatic heterocycles. The number of carbonyl (C=O) groups excluding carboxylic acids is 4. The first kappa shape index (κ1) is 38.4. The fourth-order valence-corrected chi connectivity index (χ4v) is 8.55. The Bertz CT molecular complexity index is 1600. The van der Waals surface area contributed by atoms with Crippen LogP contribution in [0.1, 0.15) is 42.9 Å². The molecule has 284 valence electrons. The van der Waals surface area contributed by atoms with Crippen molar-refractivity contribution in [3.63, 3.8) is 0 Å². The van der Waals surface area contributed by atoms with Gasteiger partial charge in [-0.25, -0.2) is 0 Å². The molecule has 4 aliphatic heterocycles. The number of morpholine rings is 1. The van der Waals surface area contributed by atoms with E-state index in [1.54, 1.807) is 17.1 Å². The van der Waals surface area contributed by atoms with Crippen LogP contribution in [0, 0.1) is 11.8 Å². The van der Waals surface area contributed by atoms with Crippen LogP contribution in [0.15, 0.2) is 86.0 Å². The number of esters is 1. The molecular formula is C41H52N4O8. The van der Waals surface area contributed by atoms with E-state index in [2.05, 4.69) is 23.4 Å². The van der Waals surface area contributed by atoms with Gasteiger partial charge in [-0.15, -0.1) is 13.2 Å². The molecular weight excluding hydrogens is 676 g/mol. The lowest BCUT2D eigenvalue weighted by Gasteiger charge is -2.40. The highest BCUT2D eigenvalue weighted by Gasteiger charge is 2.75. The van der Waals surface area contributed by atoms with Crippen molar-refractivity contribution in [2.75, 3.05) is 59.2 Å². The molecule has 2 aromatic rings. The maximum atomic E-state index is 14.9. The van der Waals surface area contributed by atoms with Crippen molar-refractivity contribution in [2.24, 2.45) is 11.8 Å². The number of aliphatic hydroxyl groups excluding tert-OH is 1. The molecule has 1 spiro atoms. The van der Waals surface area contributed by atoms with Crippen LogP contribution in [0.4, 0.5) is 0 Å². The summed E-state index contributed by atoms with van der Waals surface area (Å²) in [7, 11) is 0. The molecule has 12 heteroatoms. The average Bonchev–Trinajstić information content (AvgIpc) is 3.84. The van der Waals surface area contributed by atoms with Gasteiger partial charge >= 0.3 is 5.97 Å². The SMILES string of the molecule is C=CCCC(=O)OC[C@@H](NC(=O)[C@@H]1[C@H]2C(=O)N([C@@H](CO)Cc3ccccc3)[C@H](C(=O)N(CC=C)CCN3CCOCC3)[C@]23CC[C@H]1O3)c1ccccc1. The maximum absolute atomic E-state index is 14.9. The first-order chi connectivity index (χ1) is 25.8. The van der Waals surface area contributed by atoms with Gasteiger partial charge in [0.15, 0.2) is 0 Å². The van der Waals surface area contributed by atoms with E-state index in [0.717, 1.165) is 24.2 Å². The Morgan fingerprint density at radius 2 is 1.77 bits per heavy atom. The molecule has 4 saturated heterocycles. The molecule has 4 fully saturated rings. The van der Waals surface area contributed by atoms with Gasteiger partial charge in [0.05, 0.1) is 49.8 Å². The Morgan fingerprint density at radius 1 is 1.06 bits per heavy atom. The van der Waals surface area contributed by atoms with Crippen LogP contribution in [0.2, 0.25) is 0 Å². The van der Waals surface area contributed by atoms with Gasteiger partial charge < -0.3 is 34.4 Å². The predicted octanol–water partition coefficient (Wildman–Crippen LogP) is 2.68. The molecule has 53 heavy (non-hydrogen) atoms. The zero-order chi connectivity index (χ0) is 37.4. The first-order valence-corrected chi connectivity index (χ1v) is 18.8. The second-order valence-corrected chi connectivity index (χ2v) is 14.3. The number of nitrogens with one attached hydrogen (secondary N) is 1. The number of ether oxygens (including phenoxy) is 3. The van der Waals surface area contributed by atoms with E-state index in [1.807, 2.05) is 60.7 Å². The lowest BCUT2D eigenvalue weighted by Crippen LogP contribution is -2.59. The van der Waals surface area contributed by atoms with Gasteiger partial charge in [-0.1, -0.05) is 72.8 Å². The van der Waals surface area contributed by atoms with Gasteiger partial charge in [0, 0.05) is 39.1 Å². The molecule has 0 aliphatic carbocycles. The Morgan fingerprint density at radius 3 is 2.45 bits per heavy atom. The van der Waals surface area contributed by atoms with E-state index in [0.29, 0.717) is 52.0 Å². The van der Waals surface area contributed by atoms with Gasteiger partial charge in [0.1, 0.15) is 18.2 Å². The zero-order valence-electron chi connectivity index (χ0n) is 30.4. The summed E-state index contributed by atoms with van der Waals surface area (Å²) in [5.74, 6) is -3.31. The molecule has 4 heterocycles. The van der Waals surface area contributed by atoms with Gasteiger partial charge in [0.2, 0.25) is 17.7 Å². The number of allylic oxidation sites excluding steroid dienone is 1. The quantitative estimate of drug-likeness (QED) is 0.175. The summed E-state index contributed by atoms with van der Waals surface area (Å²) >= 11 is 0. The van der Waals surface area contributed by atoms with Crippen molar-refractivity contribution in [1.82, 2.24) is 20.0 Å². The highest BCUT2D eigenvalue weighted by atomic mass is 16.5. The van der Waals surface area contributed by atoms with Gasteiger partial charge in [-0.05, 0) is 36.8 Å². The number of hydrogen-bond acceptors (Lipinski definition) is 9. The predicted molar refractivity (Wildman–Crippen MR) is 197 cm³/mol. The van der Waals surface area contributed by atoms with Crippen LogP contribution >= 0.6 is 0 Å². The van der Waals surface area contributed by atoms with Crippen molar-refractivity contribution in [3.05, 3.63) is 97.1 Å². The van der Waals surface area contributed by atoms with Crippen molar-refractivity contribution in [2.45, 2.75) is 61.9 Å². The third kappa shape index (κ3) is 8.26. The molecule has 2 N–H and O–H groups in total. The number of nitrogens with zero attached hydrogens (tertiary/aromatic N) is 3. The van der Waals surface area contributed by atoms with Crippen molar-refractivity contribution >= 4 is 23.7 Å². The number of hydrogen-bond donors (Lipinski definition) is 2. The molecule has 7 atom stereocenters. The Balaban J connectivity index is 1.31. The Kier molecular flexibility index (Phi) is 12.8. The van der Waals surface area contributed by atoms with Crippen molar-refractivity contribution < 1.29 is 38.5 Å². The second kappa shape index (κ2) is 17.6. The van der Waals surface area contributed by atoms with E-state index in [9.17, 15) is 24.3 Å². The summed E-state index contributed by atoms with van der Waals surface area (Å²) in [6.45, 7) is 11.2. The van der Waals surface area contributed by atoms with Gasteiger partial charge in [0.25, 0.3) is 0 Å². The van der Waals surface area contributed by atoms with Crippen LogP contribution in [-0.4, -0.2) is 126 Å². The third-order valence-electron chi connectivity index (χ3n) is 11.1. The van der Waals surface area contributed by atoms with E-state index < -0.39 is 53.5 Å². The molecule has 3 amide bonds. The van der Waals surface area contributed by atoms with Crippen molar-refractivity contribution in [1.29, 1.82) is 0 Å². The second-order valence-electron chi connectivity index (χ2n) is 14.3. The van der Waals surface area contributed by atoms with Crippen LogP contribution in [0.3, 0.4) is 0 Å².